The second-order valence-electron chi connectivity index (χ2n) is 4.37. The quantitative estimate of drug-likeness (QED) is 0.632. The summed E-state index contributed by atoms with van der Waals surface area (Å²) in [5, 5.41) is 0. The molecule has 0 heterocycles. The van der Waals surface area contributed by atoms with E-state index in [9.17, 15) is 30.7 Å². The Balaban J connectivity index is 2.66. The Morgan fingerprint density at radius 1 is 0.810 bits per heavy atom. The number of hydrogen-bond donors (Lipinski definition) is 0. The van der Waals surface area contributed by atoms with E-state index in [0.29, 0.717) is 12.1 Å². The van der Waals surface area contributed by atoms with Crippen molar-refractivity contribution in [2.45, 2.75) is 13.1 Å². The topological polar surface area (TPSA) is 0 Å². The minimum Gasteiger partial charge on any atom is -0.206 e. The first-order valence-corrected chi connectivity index (χ1v) is 5.64. The molecule has 0 aliphatic rings. The predicted molar refractivity (Wildman–Crippen MR) is 61.4 cm³/mol. The maximum Gasteiger partial charge on any atom is 0.422 e. The van der Waals surface area contributed by atoms with Gasteiger partial charge in [0.2, 0.25) is 0 Å². The Morgan fingerprint density at radius 3 is 1.81 bits per heavy atom. The van der Waals surface area contributed by atoms with E-state index >= 15 is 0 Å². The van der Waals surface area contributed by atoms with Crippen molar-refractivity contribution in [1.82, 2.24) is 0 Å². The molecular weight excluding hydrogens is 301 g/mol. The van der Waals surface area contributed by atoms with E-state index in [1.54, 1.807) is 0 Å². The zero-order valence-electron chi connectivity index (χ0n) is 10.5. The molecule has 112 valence electrons. The van der Waals surface area contributed by atoms with Crippen LogP contribution in [0.15, 0.2) is 24.3 Å². The third kappa shape index (κ3) is 2.72. The monoisotopic (exact) mass is 308 g/mol. The molecule has 0 radical (unpaired) electrons. The molecule has 2 rings (SSSR count). The summed E-state index contributed by atoms with van der Waals surface area (Å²) in [7, 11) is 0. The number of rotatable bonds is 1. The summed E-state index contributed by atoms with van der Waals surface area (Å²) in [5.41, 5.74) is -3.15. The van der Waals surface area contributed by atoms with E-state index in [0.717, 1.165) is 12.1 Å². The van der Waals surface area contributed by atoms with Gasteiger partial charge in [-0.15, -0.1) is 0 Å². The van der Waals surface area contributed by atoms with Gasteiger partial charge in [-0.25, -0.2) is 17.6 Å². The first kappa shape index (κ1) is 15.3. The number of halogens is 7. The van der Waals surface area contributed by atoms with Crippen molar-refractivity contribution < 1.29 is 30.7 Å². The van der Waals surface area contributed by atoms with Gasteiger partial charge in [-0.05, 0) is 30.2 Å². The highest BCUT2D eigenvalue weighted by molar-refractivity contribution is 5.65. The molecule has 0 aromatic heterocycles. The molecule has 7 heteroatoms. The maximum absolute atomic E-state index is 13.7. The normalized spacial score (nSPS) is 11.8. The van der Waals surface area contributed by atoms with E-state index in [2.05, 4.69) is 0 Å². The molecule has 0 atom stereocenters. The van der Waals surface area contributed by atoms with Crippen LogP contribution in [0.3, 0.4) is 0 Å². The average molecular weight is 308 g/mol. The fourth-order valence-corrected chi connectivity index (χ4v) is 1.87. The summed E-state index contributed by atoms with van der Waals surface area (Å²) in [6, 6.07) is 2.83. The molecule has 2 aromatic rings. The van der Waals surface area contributed by atoms with Crippen LogP contribution < -0.4 is 0 Å². The maximum atomic E-state index is 13.7. The van der Waals surface area contributed by atoms with Crippen molar-refractivity contribution in [3.63, 3.8) is 0 Å². The van der Waals surface area contributed by atoms with Crippen molar-refractivity contribution in [3.8, 4) is 11.1 Å². The van der Waals surface area contributed by atoms with Gasteiger partial charge in [-0.3, -0.25) is 0 Å². The standard InChI is InChI=1S/C14H7F7/c1-6-2-3-8(13(18)12(6)17)7-4-9(15)11(10(16)5-7)14(19,20)21/h2-5H,1H3. The highest BCUT2D eigenvalue weighted by Gasteiger charge is 2.38. The molecule has 0 fully saturated rings. The van der Waals surface area contributed by atoms with Crippen molar-refractivity contribution in [3.05, 3.63) is 58.7 Å². The lowest BCUT2D eigenvalue weighted by Gasteiger charge is -2.12. The predicted octanol–water partition coefficient (Wildman–Crippen LogP) is 5.24. The number of hydrogen-bond acceptors (Lipinski definition) is 0. The molecule has 0 nitrogen and oxygen atoms in total. The van der Waals surface area contributed by atoms with E-state index in [4.69, 9.17) is 0 Å². The molecule has 21 heavy (non-hydrogen) atoms. The fourth-order valence-electron chi connectivity index (χ4n) is 1.87. The summed E-state index contributed by atoms with van der Waals surface area (Å²) in [6.07, 6.45) is -5.22. The van der Waals surface area contributed by atoms with Crippen LogP contribution in [0.25, 0.3) is 11.1 Å². The number of benzene rings is 2. The molecule has 0 N–H and O–H groups in total. The third-order valence-electron chi connectivity index (χ3n) is 2.91. The van der Waals surface area contributed by atoms with Gasteiger partial charge < -0.3 is 0 Å². The van der Waals surface area contributed by atoms with Crippen LogP contribution in [0.4, 0.5) is 30.7 Å². The zero-order valence-corrected chi connectivity index (χ0v) is 10.5. The van der Waals surface area contributed by atoms with Crippen molar-refractivity contribution in [2.75, 3.05) is 0 Å². The molecule has 0 saturated carbocycles. The SMILES string of the molecule is Cc1ccc(-c2cc(F)c(C(F)(F)F)c(F)c2)c(F)c1F. The van der Waals surface area contributed by atoms with Crippen molar-refractivity contribution in [2.24, 2.45) is 0 Å². The Morgan fingerprint density at radius 2 is 1.33 bits per heavy atom. The van der Waals surface area contributed by atoms with Crippen LogP contribution in [0.2, 0.25) is 0 Å². The van der Waals surface area contributed by atoms with Crippen LogP contribution in [0.5, 0.6) is 0 Å². The van der Waals surface area contributed by atoms with Crippen molar-refractivity contribution >= 4 is 0 Å². The van der Waals surface area contributed by atoms with Gasteiger partial charge in [-0.2, -0.15) is 13.2 Å². The summed E-state index contributed by atoms with van der Waals surface area (Å²) in [6.45, 7) is 1.27. The number of aryl methyl sites for hydroxylation is 1. The Kier molecular flexibility index (Phi) is 3.69. The second kappa shape index (κ2) is 5.05. The van der Waals surface area contributed by atoms with E-state index in [-0.39, 0.29) is 5.56 Å². The molecule has 2 aromatic carbocycles. The second-order valence-corrected chi connectivity index (χ2v) is 4.37. The molecule has 0 saturated heterocycles. The minimum absolute atomic E-state index is 0.0379. The molecule has 0 aliphatic carbocycles. The van der Waals surface area contributed by atoms with Gasteiger partial charge in [0, 0.05) is 5.56 Å². The van der Waals surface area contributed by atoms with Gasteiger partial charge in [0.05, 0.1) is 0 Å². The molecular formula is C14H7F7. The van der Waals surface area contributed by atoms with Gasteiger partial charge in [0.25, 0.3) is 0 Å². The molecule has 0 aliphatic heterocycles. The first-order valence-electron chi connectivity index (χ1n) is 5.64. The Hall–Kier alpha value is -2.05. The highest BCUT2D eigenvalue weighted by Crippen LogP contribution is 2.36. The zero-order chi connectivity index (χ0) is 15.9. The highest BCUT2D eigenvalue weighted by atomic mass is 19.4. The molecule has 0 bridgehead atoms. The summed E-state index contributed by atoms with van der Waals surface area (Å²) in [5.74, 6) is -6.39. The third-order valence-corrected chi connectivity index (χ3v) is 2.91. The lowest BCUT2D eigenvalue weighted by Crippen LogP contribution is -2.11. The first-order chi connectivity index (χ1) is 9.62. The summed E-state index contributed by atoms with van der Waals surface area (Å²) >= 11 is 0. The Bertz CT molecular complexity index is 678. The van der Waals surface area contributed by atoms with Crippen LogP contribution >= 0.6 is 0 Å². The van der Waals surface area contributed by atoms with Gasteiger partial charge in [0.1, 0.15) is 17.2 Å². The van der Waals surface area contributed by atoms with Crippen LogP contribution in [0, 0.1) is 30.2 Å². The number of alkyl halides is 3. The smallest absolute Gasteiger partial charge is 0.206 e. The van der Waals surface area contributed by atoms with E-state index < -0.39 is 46.1 Å². The van der Waals surface area contributed by atoms with Crippen molar-refractivity contribution in [1.29, 1.82) is 0 Å². The van der Waals surface area contributed by atoms with Crippen LogP contribution in [-0.2, 0) is 6.18 Å². The lowest BCUT2D eigenvalue weighted by molar-refractivity contribution is -0.142. The fraction of sp³-hybridized carbons (Fsp3) is 0.143. The lowest BCUT2D eigenvalue weighted by atomic mass is 10.0. The molecule has 0 amide bonds. The molecule has 0 unspecified atom stereocenters. The largest absolute Gasteiger partial charge is 0.422 e. The molecule has 0 spiro atoms. The van der Waals surface area contributed by atoms with Crippen LogP contribution in [0.1, 0.15) is 11.1 Å². The minimum atomic E-state index is -5.22. The average Bonchev–Trinajstić information content (AvgIpc) is 2.33. The van der Waals surface area contributed by atoms with E-state index in [1.807, 2.05) is 0 Å². The van der Waals surface area contributed by atoms with Gasteiger partial charge in [0.15, 0.2) is 11.6 Å². The summed E-state index contributed by atoms with van der Waals surface area (Å²) < 4.78 is 91.2. The van der Waals surface area contributed by atoms with E-state index in [1.165, 1.54) is 6.92 Å². The Labute approximate surface area is 114 Å². The van der Waals surface area contributed by atoms with Gasteiger partial charge in [-0.1, -0.05) is 12.1 Å². The summed E-state index contributed by atoms with van der Waals surface area (Å²) in [4.78, 5) is 0. The van der Waals surface area contributed by atoms with Gasteiger partial charge >= 0.3 is 6.18 Å². The van der Waals surface area contributed by atoms with Crippen LogP contribution in [-0.4, -0.2) is 0 Å².